The number of nitrogens with zero attached hydrogens (tertiary/aromatic N) is 1. The summed E-state index contributed by atoms with van der Waals surface area (Å²) in [7, 11) is 0. The zero-order valence-corrected chi connectivity index (χ0v) is 15.3. The normalized spacial score (nSPS) is 17.0. The van der Waals surface area contributed by atoms with Crippen LogP contribution in [-0.2, 0) is 10.2 Å². The summed E-state index contributed by atoms with van der Waals surface area (Å²) in [5.41, 5.74) is 3.09. The molecule has 0 saturated heterocycles. The summed E-state index contributed by atoms with van der Waals surface area (Å²) in [5, 5.41) is 2.98. The highest BCUT2D eigenvalue weighted by Gasteiger charge is 2.44. The first-order valence-corrected chi connectivity index (χ1v) is 9.29. The van der Waals surface area contributed by atoms with Crippen LogP contribution in [0.5, 0.6) is 0 Å². The molecule has 1 aliphatic carbocycles. The summed E-state index contributed by atoms with van der Waals surface area (Å²) in [6, 6.07) is 15.4. The fourth-order valence-corrected chi connectivity index (χ4v) is 3.69. The Morgan fingerprint density at radius 2 is 1.74 bits per heavy atom. The van der Waals surface area contributed by atoms with Gasteiger partial charge in [0.05, 0.1) is 11.1 Å². The number of fused-ring (bicyclic) bond motifs is 1. The summed E-state index contributed by atoms with van der Waals surface area (Å²) in [4.78, 5) is 38.3. The van der Waals surface area contributed by atoms with Gasteiger partial charge in [-0.05, 0) is 37.5 Å². The van der Waals surface area contributed by atoms with E-state index in [1.165, 1.54) is 10.5 Å². The molecule has 1 aliphatic heterocycles. The van der Waals surface area contributed by atoms with Crippen LogP contribution in [0.1, 0.15) is 51.1 Å². The first-order valence-electron chi connectivity index (χ1n) is 9.29. The maximum Gasteiger partial charge on any atom is 0.261 e. The minimum Gasteiger partial charge on any atom is -0.355 e. The van der Waals surface area contributed by atoms with Gasteiger partial charge < -0.3 is 5.32 Å². The lowest BCUT2D eigenvalue weighted by Gasteiger charge is -2.18. The van der Waals surface area contributed by atoms with Gasteiger partial charge >= 0.3 is 0 Å². The van der Waals surface area contributed by atoms with E-state index in [1.54, 1.807) is 12.1 Å². The Labute approximate surface area is 158 Å². The average molecular weight is 362 g/mol. The first kappa shape index (κ1) is 17.5. The van der Waals surface area contributed by atoms with Gasteiger partial charge in [-0.3, -0.25) is 19.3 Å². The third-order valence-corrected chi connectivity index (χ3v) is 5.55. The molecule has 27 heavy (non-hydrogen) atoms. The molecule has 2 aliphatic rings. The molecular formula is C22H22N2O3. The quantitative estimate of drug-likeness (QED) is 0.804. The Bertz CT molecular complexity index is 916. The number of imide groups is 1. The molecule has 5 heteroatoms. The average Bonchev–Trinajstić information content (AvgIpc) is 3.44. The molecule has 0 atom stereocenters. The van der Waals surface area contributed by atoms with Gasteiger partial charge in [0.1, 0.15) is 0 Å². The van der Waals surface area contributed by atoms with Crippen LogP contribution in [-0.4, -0.2) is 35.7 Å². The number of hydrogen-bond acceptors (Lipinski definition) is 3. The van der Waals surface area contributed by atoms with E-state index < -0.39 is 0 Å². The number of benzene rings is 2. The molecule has 1 heterocycles. The van der Waals surface area contributed by atoms with Gasteiger partial charge in [-0.2, -0.15) is 0 Å². The van der Waals surface area contributed by atoms with Crippen LogP contribution in [0, 0.1) is 6.92 Å². The molecule has 1 saturated carbocycles. The highest BCUT2D eigenvalue weighted by Crippen LogP contribution is 2.47. The predicted molar refractivity (Wildman–Crippen MR) is 102 cm³/mol. The number of carbonyl (C=O) groups excluding carboxylic acids is 3. The van der Waals surface area contributed by atoms with Crippen LogP contribution < -0.4 is 5.32 Å². The summed E-state index contributed by atoms with van der Waals surface area (Å²) in [5.74, 6) is -0.759. The standard InChI is InChI=1S/C22H22N2O3/c1-15-7-8-17-18(13-15)21(27)24(20(17)26)12-9-19(25)23-14-22(10-11-22)16-5-3-2-4-6-16/h2-8,13H,9-12,14H2,1H3,(H,23,25). The molecule has 0 bridgehead atoms. The Kier molecular flexibility index (Phi) is 4.30. The fourth-order valence-electron chi connectivity index (χ4n) is 3.69. The molecule has 138 valence electrons. The molecule has 0 unspecified atom stereocenters. The van der Waals surface area contributed by atoms with E-state index in [4.69, 9.17) is 0 Å². The largest absolute Gasteiger partial charge is 0.355 e. The molecule has 0 aromatic heterocycles. The van der Waals surface area contributed by atoms with Crippen molar-refractivity contribution in [3.63, 3.8) is 0 Å². The molecule has 2 aromatic rings. The van der Waals surface area contributed by atoms with Crippen LogP contribution >= 0.6 is 0 Å². The molecular weight excluding hydrogens is 340 g/mol. The van der Waals surface area contributed by atoms with Crippen molar-refractivity contribution < 1.29 is 14.4 Å². The fraction of sp³-hybridized carbons (Fsp3) is 0.318. The van der Waals surface area contributed by atoms with Crippen molar-refractivity contribution in [2.75, 3.05) is 13.1 Å². The minimum atomic E-state index is -0.314. The van der Waals surface area contributed by atoms with Gasteiger partial charge in [-0.1, -0.05) is 42.0 Å². The summed E-state index contributed by atoms with van der Waals surface area (Å²) in [6.07, 6.45) is 2.25. The van der Waals surface area contributed by atoms with Crippen molar-refractivity contribution >= 4 is 17.7 Å². The van der Waals surface area contributed by atoms with E-state index in [0.717, 1.165) is 18.4 Å². The zero-order chi connectivity index (χ0) is 19.0. The van der Waals surface area contributed by atoms with E-state index in [-0.39, 0.29) is 36.1 Å². The third-order valence-electron chi connectivity index (χ3n) is 5.55. The van der Waals surface area contributed by atoms with Gasteiger partial charge in [0.25, 0.3) is 11.8 Å². The molecule has 4 rings (SSSR count). The smallest absolute Gasteiger partial charge is 0.261 e. The van der Waals surface area contributed by atoms with Gasteiger partial charge in [0.2, 0.25) is 5.91 Å². The van der Waals surface area contributed by atoms with Crippen molar-refractivity contribution in [1.82, 2.24) is 10.2 Å². The van der Waals surface area contributed by atoms with Crippen LogP contribution in [0.25, 0.3) is 0 Å². The topological polar surface area (TPSA) is 66.5 Å². The van der Waals surface area contributed by atoms with Gasteiger partial charge in [-0.15, -0.1) is 0 Å². The van der Waals surface area contributed by atoms with E-state index in [2.05, 4.69) is 17.4 Å². The third kappa shape index (κ3) is 3.25. The Morgan fingerprint density at radius 1 is 1.04 bits per heavy atom. The zero-order valence-electron chi connectivity index (χ0n) is 15.3. The Hall–Kier alpha value is -2.95. The lowest BCUT2D eigenvalue weighted by molar-refractivity contribution is -0.121. The SMILES string of the molecule is Cc1ccc2c(c1)C(=O)N(CCC(=O)NCC1(c3ccccc3)CC1)C2=O. The van der Waals surface area contributed by atoms with Crippen molar-refractivity contribution in [2.24, 2.45) is 0 Å². The van der Waals surface area contributed by atoms with Gasteiger partial charge in [0.15, 0.2) is 0 Å². The molecule has 1 N–H and O–H groups in total. The highest BCUT2D eigenvalue weighted by molar-refractivity contribution is 6.21. The number of hydrogen-bond donors (Lipinski definition) is 1. The number of rotatable bonds is 6. The molecule has 3 amide bonds. The number of aryl methyl sites for hydroxylation is 1. The number of nitrogens with one attached hydrogen (secondary N) is 1. The monoisotopic (exact) mass is 362 g/mol. The van der Waals surface area contributed by atoms with Crippen LogP contribution in [0.2, 0.25) is 0 Å². The second kappa shape index (κ2) is 6.65. The lowest BCUT2D eigenvalue weighted by Crippen LogP contribution is -2.37. The van der Waals surface area contributed by atoms with Crippen LogP contribution in [0.15, 0.2) is 48.5 Å². The Morgan fingerprint density at radius 3 is 2.44 bits per heavy atom. The predicted octanol–water partition coefficient (Wildman–Crippen LogP) is 2.83. The molecule has 0 radical (unpaired) electrons. The number of amides is 3. The van der Waals surface area contributed by atoms with Crippen molar-refractivity contribution in [2.45, 2.75) is 31.6 Å². The number of carbonyl (C=O) groups is 3. The van der Waals surface area contributed by atoms with E-state index in [0.29, 0.717) is 17.7 Å². The maximum atomic E-state index is 12.5. The van der Waals surface area contributed by atoms with Crippen LogP contribution in [0.3, 0.4) is 0 Å². The molecule has 1 fully saturated rings. The van der Waals surface area contributed by atoms with Gasteiger partial charge in [-0.25, -0.2) is 0 Å². The molecule has 5 nitrogen and oxygen atoms in total. The van der Waals surface area contributed by atoms with E-state index in [1.807, 2.05) is 31.2 Å². The minimum absolute atomic E-state index is 0.0456. The van der Waals surface area contributed by atoms with Crippen molar-refractivity contribution in [3.8, 4) is 0 Å². The lowest BCUT2D eigenvalue weighted by atomic mass is 9.96. The maximum absolute atomic E-state index is 12.5. The second-order valence-electron chi connectivity index (χ2n) is 7.48. The first-order chi connectivity index (χ1) is 13.0. The second-order valence-corrected chi connectivity index (χ2v) is 7.48. The van der Waals surface area contributed by atoms with E-state index >= 15 is 0 Å². The Balaban J connectivity index is 1.33. The van der Waals surface area contributed by atoms with Gasteiger partial charge in [0, 0.05) is 24.9 Å². The summed E-state index contributed by atoms with van der Waals surface area (Å²) in [6.45, 7) is 2.58. The van der Waals surface area contributed by atoms with Crippen molar-refractivity contribution in [3.05, 3.63) is 70.8 Å². The van der Waals surface area contributed by atoms with E-state index in [9.17, 15) is 14.4 Å². The van der Waals surface area contributed by atoms with Crippen molar-refractivity contribution in [1.29, 1.82) is 0 Å². The highest BCUT2D eigenvalue weighted by atomic mass is 16.2. The summed E-state index contributed by atoms with van der Waals surface area (Å²) >= 11 is 0. The summed E-state index contributed by atoms with van der Waals surface area (Å²) < 4.78 is 0. The molecule has 2 aromatic carbocycles. The molecule has 0 spiro atoms. The van der Waals surface area contributed by atoms with Crippen LogP contribution in [0.4, 0.5) is 0 Å².